The molecule has 0 saturated heterocycles. The smallest absolute Gasteiger partial charge is 0.351 e. The Hall–Kier alpha value is -3.39. The number of nitrogens with zero attached hydrogens (tertiary/aromatic N) is 2. The fourth-order valence-corrected chi connectivity index (χ4v) is 3.10. The van der Waals surface area contributed by atoms with Crippen LogP contribution in [0.5, 0.6) is 11.5 Å². The van der Waals surface area contributed by atoms with Crippen molar-refractivity contribution in [1.29, 1.82) is 0 Å². The van der Waals surface area contributed by atoms with E-state index in [9.17, 15) is 19.5 Å². The number of aryl methyl sites for hydroxylation is 1. The van der Waals surface area contributed by atoms with Gasteiger partial charge in [0.1, 0.15) is 12.3 Å². The van der Waals surface area contributed by atoms with Gasteiger partial charge in [0.2, 0.25) is 5.91 Å². The van der Waals surface area contributed by atoms with Crippen LogP contribution in [0.2, 0.25) is 5.02 Å². The van der Waals surface area contributed by atoms with Crippen LogP contribution in [0.25, 0.3) is 0 Å². The second-order valence-corrected chi connectivity index (χ2v) is 6.86. The summed E-state index contributed by atoms with van der Waals surface area (Å²) in [5, 5.41) is 12.5. The van der Waals surface area contributed by atoms with Crippen molar-refractivity contribution < 1.29 is 24.2 Å². The van der Waals surface area contributed by atoms with Crippen LogP contribution in [-0.4, -0.2) is 47.2 Å². The third-order valence-electron chi connectivity index (χ3n) is 4.24. The van der Waals surface area contributed by atoms with Gasteiger partial charge < -0.3 is 15.2 Å². The zero-order chi connectivity index (χ0) is 21.1. The van der Waals surface area contributed by atoms with Crippen molar-refractivity contribution in [2.24, 2.45) is 4.99 Å². The number of urea groups is 1. The summed E-state index contributed by atoms with van der Waals surface area (Å²) in [6.45, 7) is 1.44. The lowest BCUT2D eigenvalue weighted by molar-refractivity contribution is -0.125. The number of methoxy groups -OCH3 is 1. The Morgan fingerprint density at radius 2 is 2.03 bits per heavy atom. The lowest BCUT2D eigenvalue weighted by atomic mass is 10.1. The third-order valence-corrected chi connectivity index (χ3v) is 4.52. The number of hydrogen-bond donors (Lipinski definition) is 2. The number of halogens is 1. The zero-order valence-corrected chi connectivity index (χ0v) is 16.5. The average molecular weight is 416 g/mol. The van der Waals surface area contributed by atoms with Gasteiger partial charge in [0.15, 0.2) is 11.5 Å². The molecule has 8 nitrogen and oxygen atoms in total. The lowest BCUT2D eigenvalue weighted by Crippen LogP contribution is -2.39. The highest BCUT2D eigenvalue weighted by atomic mass is 35.5. The maximum Gasteiger partial charge on any atom is 0.351 e. The van der Waals surface area contributed by atoms with Gasteiger partial charge in [-0.3, -0.25) is 9.59 Å². The van der Waals surface area contributed by atoms with E-state index in [0.717, 1.165) is 10.5 Å². The molecule has 0 spiro atoms. The highest BCUT2D eigenvalue weighted by Gasteiger charge is 2.34. The van der Waals surface area contributed by atoms with Crippen LogP contribution < -0.4 is 10.1 Å². The molecule has 0 aliphatic carbocycles. The number of hydrogen-bond acceptors (Lipinski definition) is 5. The Labute approximate surface area is 171 Å². The number of imide groups is 1. The number of anilines is 1. The molecule has 4 amide bonds. The van der Waals surface area contributed by atoms with Gasteiger partial charge in [0, 0.05) is 12.1 Å². The predicted octanol–water partition coefficient (Wildman–Crippen LogP) is 2.95. The standard InChI is InChI=1S/C20H18ClN3O5/c1-11-4-3-5-13(6-11)22-17(25)10-24-19(27)15(23-20(24)28)8-12-7-14(21)18(26)16(9-12)29-2/h3-7,9,26H,8,10H2,1-2H3,(H,22,25). The fraction of sp³-hybridized carbons (Fsp3) is 0.200. The molecule has 3 rings (SSSR count). The van der Waals surface area contributed by atoms with Crippen LogP contribution in [-0.2, 0) is 16.0 Å². The molecule has 0 radical (unpaired) electrons. The number of phenols is 1. The molecule has 0 atom stereocenters. The number of aliphatic imine (C=N–C) groups is 1. The van der Waals surface area contributed by atoms with Crippen molar-refractivity contribution in [3.8, 4) is 11.5 Å². The summed E-state index contributed by atoms with van der Waals surface area (Å²) in [7, 11) is 1.37. The number of carbonyl (C=O) groups excluding carboxylic acids is 3. The van der Waals surface area contributed by atoms with Gasteiger partial charge in [-0.1, -0.05) is 23.7 Å². The minimum atomic E-state index is -0.804. The van der Waals surface area contributed by atoms with Crippen LogP contribution in [0.15, 0.2) is 41.4 Å². The zero-order valence-electron chi connectivity index (χ0n) is 15.7. The molecule has 0 saturated carbocycles. The van der Waals surface area contributed by atoms with Gasteiger partial charge in [-0.15, -0.1) is 0 Å². The van der Waals surface area contributed by atoms with Crippen molar-refractivity contribution in [3.63, 3.8) is 0 Å². The summed E-state index contributed by atoms with van der Waals surface area (Å²) >= 11 is 5.95. The number of rotatable bonds is 6. The van der Waals surface area contributed by atoms with Crippen molar-refractivity contribution in [2.45, 2.75) is 13.3 Å². The summed E-state index contributed by atoms with van der Waals surface area (Å²) in [5.41, 5.74) is 2.03. The quantitative estimate of drug-likeness (QED) is 0.754. The molecule has 1 aliphatic heterocycles. The Morgan fingerprint density at radius 1 is 1.28 bits per heavy atom. The van der Waals surface area contributed by atoms with Gasteiger partial charge in [-0.25, -0.2) is 9.69 Å². The summed E-state index contributed by atoms with van der Waals surface area (Å²) in [4.78, 5) is 41.4. The van der Waals surface area contributed by atoms with E-state index in [-0.39, 0.29) is 28.7 Å². The van der Waals surface area contributed by atoms with Crippen molar-refractivity contribution in [1.82, 2.24) is 4.90 Å². The van der Waals surface area contributed by atoms with Gasteiger partial charge in [0.05, 0.1) is 12.1 Å². The molecular weight excluding hydrogens is 398 g/mol. The number of nitrogens with one attached hydrogen (secondary N) is 1. The van der Waals surface area contributed by atoms with Gasteiger partial charge >= 0.3 is 6.03 Å². The van der Waals surface area contributed by atoms with Crippen LogP contribution in [0.3, 0.4) is 0 Å². The molecule has 0 bridgehead atoms. The first-order valence-electron chi connectivity index (χ1n) is 8.63. The molecule has 0 aromatic heterocycles. The summed E-state index contributed by atoms with van der Waals surface area (Å²) in [6.07, 6.45) is -0.00304. The van der Waals surface area contributed by atoms with E-state index in [2.05, 4.69) is 10.3 Å². The van der Waals surface area contributed by atoms with Crippen molar-refractivity contribution in [3.05, 3.63) is 52.5 Å². The molecule has 0 unspecified atom stereocenters. The third kappa shape index (κ3) is 4.55. The highest BCUT2D eigenvalue weighted by molar-refractivity contribution is 6.47. The number of carbonyl (C=O) groups is 3. The predicted molar refractivity (Wildman–Crippen MR) is 108 cm³/mol. The molecule has 2 N–H and O–H groups in total. The van der Waals surface area contributed by atoms with Gasteiger partial charge in [-0.05, 0) is 42.3 Å². The van der Waals surface area contributed by atoms with Crippen LogP contribution in [0, 0.1) is 6.92 Å². The van der Waals surface area contributed by atoms with Crippen LogP contribution >= 0.6 is 11.6 Å². The first-order chi connectivity index (χ1) is 13.8. The van der Waals surface area contributed by atoms with E-state index in [4.69, 9.17) is 16.3 Å². The first-order valence-corrected chi connectivity index (χ1v) is 9.01. The number of ether oxygens (including phenoxy) is 1. The number of benzene rings is 2. The van der Waals surface area contributed by atoms with E-state index < -0.39 is 24.4 Å². The molecule has 0 fully saturated rings. The van der Waals surface area contributed by atoms with Crippen LogP contribution in [0.1, 0.15) is 11.1 Å². The Balaban J connectivity index is 1.68. The monoisotopic (exact) mass is 415 g/mol. The second kappa shape index (κ2) is 8.32. The molecule has 1 aliphatic rings. The second-order valence-electron chi connectivity index (χ2n) is 6.46. The van der Waals surface area contributed by atoms with E-state index in [1.807, 2.05) is 13.0 Å². The Bertz CT molecular complexity index is 1030. The molecule has 2 aromatic rings. The molecule has 9 heteroatoms. The average Bonchev–Trinajstić information content (AvgIpc) is 2.92. The molecule has 150 valence electrons. The van der Waals surface area contributed by atoms with Crippen LogP contribution in [0.4, 0.5) is 10.5 Å². The highest BCUT2D eigenvalue weighted by Crippen LogP contribution is 2.35. The van der Waals surface area contributed by atoms with Crippen molar-refractivity contribution >= 4 is 40.8 Å². The number of phenolic OH excluding ortho intramolecular Hbond substituents is 1. The molecule has 2 aromatic carbocycles. The maximum absolute atomic E-state index is 12.5. The Morgan fingerprint density at radius 3 is 2.72 bits per heavy atom. The normalized spacial score (nSPS) is 13.5. The minimum Gasteiger partial charge on any atom is -0.503 e. The SMILES string of the molecule is COc1cc(CC2=NC(=O)N(CC(=O)Nc3cccc(C)c3)C2=O)cc(Cl)c1O. The molecule has 1 heterocycles. The first kappa shape index (κ1) is 20.3. The lowest BCUT2D eigenvalue weighted by Gasteiger charge is -2.13. The topological polar surface area (TPSA) is 108 Å². The summed E-state index contributed by atoms with van der Waals surface area (Å²) < 4.78 is 5.03. The number of aromatic hydroxyl groups is 1. The molecular formula is C20H18ClN3O5. The number of amides is 4. The van der Waals surface area contributed by atoms with E-state index >= 15 is 0 Å². The van der Waals surface area contributed by atoms with E-state index in [1.54, 1.807) is 18.2 Å². The molecule has 29 heavy (non-hydrogen) atoms. The van der Waals surface area contributed by atoms with Gasteiger partial charge in [0.25, 0.3) is 5.91 Å². The van der Waals surface area contributed by atoms with Gasteiger partial charge in [-0.2, -0.15) is 4.99 Å². The summed E-state index contributed by atoms with van der Waals surface area (Å²) in [6, 6.07) is 9.30. The largest absolute Gasteiger partial charge is 0.503 e. The summed E-state index contributed by atoms with van der Waals surface area (Å²) in [5.74, 6) is -1.25. The maximum atomic E-state index is 12.5. The Kier molecular flexibility index (Phi) is 5.84. The van der Waals surface area contributed by atoms with Crippen molar-refractivity contribution in [2.75, 3.05) is 19.0 Å². The minimum absolute atomic E-state index is 0.00304. The van der Waals surface area contributed by atoms with E-state index in [0.29, 0.717) is 11.3 Å². The fourth-order valence-electron chi connectivity index (χ4n) is 2.87. The van der Waals surface area contributed by atoms with E-state index in [1.165, 1.54) is 19.2 Å².